The van der Waals surface area contributed by atoms with Crippen LogP contribution in [0.25, 0.3) is 0 Å². The molecule has 1 fully saturated rings. The standard InChI is InChI=1S/C18H22F3N3O3/c1-9(2)27-17(26)24-13-6-7-15(18(19,20)21)23-16(13)12(22-10(3)25)8-14(24)11-4-5-11/h6-7,9,11-12,14H,4-5,8H2,1-3H3,(H,22,25)/t12-,14-/m0/s1. The van der Waals surface area contributed by atoms with Crippen molar-refractivity contribution in [2.24, 2.45) is 5.92 Å². The number of pyridine rings is 1. The van der Waals surface area contributed by atoms with Gasteiger partial charge in [0, 0.05) is 13.0 Å². The average Bonchev–Trinajstić information content (AvgIpc) is 3.36. The number of anilines is 1. The predicted molar refractivity (Wildman–Crippen MR) is 91.0 cm³/mol. The van der Waals surface area contributed by atoms with Crippen LogP contribution in [0, 0.1) is 5.92 Å². The van der Waals surface area contributed by atoms with Crippen LogP contribution in [0.15, 0.2) is 12.1 Å². The molecule has 6 nitrogen and oxygen atoms in total. The highest BCUT2D eigenvalue weighted by molar-refractivity contribution is 5.90. The lowest BCUT2D eigenvalue weighted by atomic mass is 9.92. The van der Waals surface area contributed by atoms with Gasteiger partial charge in [0.15, 0.2) is 0 Å². The normalized spacial score (nSPS) is 22.4. The van der Waals surface area contributed by atoms with Crippen molar-refractivity contribution >= 4 is 17.7 Å². The summed E-state index contributed by atoms with van der Waals surface area (Å²) in [6, 6.07) is 1.16. The van der Waals surface area contributed by atoms with Gasteiger partial charge in [-0.2, -0.15) is 13.2 Å². The van der Waals surface area contributed by atoms with E-state index in [0.29, 0.717) is 6.42 Å². The zero-order valence-corrected chi connectivity index (χ0v) is 15.3. The van der Waals surface area contributed by atoms with Gasteiger partial charge < -0.3 is 10.1 Å². The van der Waals surface area contributed by atoms with E-state index in [1.807, 2.05) is 0 Å². The number of ether oxygens (including phenoxy) is 1. The first-order valence-electron chi connectivity index (χ1n) is 8.93. The van der Waals surface area contributed by atoms with Crippen LogP contribution < -0.4 is 10.2 Å². The van der Waals surface area contributed by atoms with E-state index in [0.717, 1.165) is 18.9 Å². The van der Waals surface area contributed by atoms with Crippen LogP contribution in [-0.4, -0.2) is 29.1 Å². The van der Waals surface area contributed by atoms with E-state index >= 15 is 0 Å². The lowest BCUT2D eigenvalue weighted by Crippen LogP contribution is -2.49. The van der Waals surface area contributed by atoms with E-state index < -0.39 is 24.0 Å². The van der Waals surface area contributed by atoms with Gasteiger partial charge in [0.1, 0.15) is 5.69 Å². The highest BCUT2D eigenvalue weighted by Crippen LogP contribution is 2.46. The third kappa shape index (κ3) is 4.17. The lowest BCUT2D eigenvalue weighted by molar-refractivity contribution is -0.141. The summed E-state index contributed by atoms with van der Waals surface area (Å²) in [4.78, 5) is 29.5. The Bertz CT molecular complexity index is 747. The molecule has 1 saturated carbocycles. The summed E-state index contributed by atoms with van der Waals surface area (Å²) >= 11 is 0. The third-order valence-corrected chi connectivity index (χ3v) is 4.67. The van der Waals surface area contributed by atoms with Gasteiger partial charge in [-0.15, -0.1) is 0 Å². The number of carbonyl (C=O) groups excluding carboxylic acids is 2. The summed E-state index contributed by atoms with van der Waals surface area (Å²) in [6.07, 6.45) is -3.44. The van der Waals surface area contributed by atoms with E-state index in [1.54, 1.807) is 13.8 Å². The molecule has 0 radical (unpaired) electrons. The van der Waals surface area contributed by atoms with E-state index in [2.05, 4.69) is 10.3 Å². The zero-order chi connectivity index (χ0) is 19.9. The molecule has 2 heterocycles. The van der Waals surface area contributed by atoms with Crippen molar-refractivity contribution in [1.29, 1.82) is 0 Å². The van der Waals surface area contributed by atoms with E-state index in [-0.39, 0.29) is 35.4 Å². The zero-order valence-electron chi connectivity index (χ0n) is 15.3. The fourth-order valence-electron chi connectivity index (χ4n) is 3.47. The molecule has 9 heteroatoms. The van der Waals surface area contributed by atoms with E-state index in [1.165, 1.54) is 17.9 Å². The quantitative estimate of drug-likeness (QED) is 0.859. The molecule has 3 rings (SSSR count). The van der Waals surface area contributed by atoms with Crippen molar-refractivity contribution in [2.75, 3.05) is 4.90 Å². The number of alkyl halides is 3. The summed E-state index contributed by atoms with van der Waals surface area (Å²) in [5.41, 5.74) is -0.758. The number of fused-ring (bicyclic) bond motifs is 1. The molecule has 1 aliphatic carbocycles. The highest BCUT2D eigenvalue weighted by Gasteiger charge is 2.46. The van der Waals surface area contributed by atoms with Gasteiger partial charge in [-0.05, 0) is 51.2 Å². The van der Waals surface area contributed by atoms with Crippen LogP contribution in [-0.2, 0) is 15.7 Å². The molecule has 0 unspecified atom stereocenters. The van der Waals surface area contributed by atoms with Crippen LogP contribution in [0.5, 0.6) is 0 Å². The minimum atomic E-state index is -4.62. The van der Waals surface area contributed by atoms with E-state index in [4.69, 9.17) is 4.74 Å². The molecule has 148 valence electrons. The molecule has 2 amide bonds. The molecule has 1 N–H and O–H groups in total. The van der Waals surface area contributed by atoms with Crippen LogP contribution in [0.1, 0.15) is 57.5 Å². The number of carbonyl (C=O) groups is 2. The summed E-state index contributed by atoms with van der Waals surface area (Å²) in [5.74, 6) is -0.130. The molecule has 1 aliphatic heterocycles. The molecular weight excluding hydrogens is 363 g/mol. The van der Waals surface area contributed by atoms with Crippen molar-refractivity contribution in [1.82, 2.24) is 10.3 Å². The molecular formula is C18H22F3N3O3. The second-order valence-electron chi connectivity index (χ2n) is 7.29. The van der Waals surface area contributed by atoms with Crippen molar-refractivity contribution in [3.63, 3.8) is 0 Å². The maximum atomic E-state index is 13.1. The number of rotatable bonds is 3. The second-order valence-corrected chi connectivity index (χ2v) is 7.29. The summed E-state index contributed by atoms with van der Waals surface area (Å²) in [5, 5.41) is 2.68. The summed E-state index contributed by atoms with van der Waals surface area (Å²) in [7, 11) is 0. The Hall–Kier alpha value is -2.32. The smallest absolute Gasteiger partial charge is 0.433 e. The number of aromatic nitrogens is 1. The lowest BCUT2D eigenvalue weighted by Gasteiger charge is -2.40. The number of halogens is 3. The monoisotopic (exact) mass is 385 g/mol. The van der Waals surface area contributed by atoms with E-state index in [9.17, 15) is 22.8 Å². The number of hydrogen-bond donors (Lipinski definition) is 1. The van der Waals surface area contributed by atoms with Gasteiger partial charge in [-0.1, -0.05) is 0 Å². The molecule has 0 aromatic carbocycles. The molecule has 2 atom stereocenters. The molecule has 27 heavy (non-hydrogen) atoms. The van der Waals surface area contributed by atoms with Crippen molar-refractivity contribution in [3.8, 4) is 0 Å². The highest BCUT2D eigenvalue weighted by atomic mass is 19.4. The number of nitrogens with zero attached hydrogens (tertiary/aromatic N) is 2. The maximum Gasteiger partial charge on any atom is 0.433 e. The first-order valence-corrected chi connectivity index (χ1v) is 8.93. The van der Waals surface area contributed by atoms with Gasteiger partial charge in [0.25, 0.3) is 0 Å². The van der Waals surface area contributed by atoms with Crippen LogP contribution in [0.4, 0.5) is 23.7 Å². The van der Waals surface area contributed by atoms with Gasteiger partial charge in [0.05, 0.1) is 23.5 Å². The van der Waals surface area contributed by atoms with Crippen LogP contribution >= 0.6 is 0 Å². The van der Waals surface area contributed by atoms with Gasteiger partial charge in [-0.25, -0.2) is 9.78 Å². The Labute approximate surface area is 155 Å². The Kier molecular flexibility index (Phi) is 5.05. The Morgan fingerprint density at radius 2 is 1.96 bits per heavy atom. The third-order valence-electron chi connectivity index (χ3n) is 4.67. The van der Waals surface area contributed by atoms with Crippen molar-refractivity contribution in [3.05, 3.63) is 23.5 Å². The number of amides is 2. The first kappa shape index (κ1) is 19.4. The SMILES string of the molecule is CC(=O)N[C@H]1C[C@@H](C2CC2)N(C(=O)OC(C)C)c2ccc(C(F)(F)F)nc21. The fraction of sp³-hybridized carbons (Fsp3) is 0.611. The molecule has 1 aromatic rings. The van der Waals surface area contributed by atoms with Crippen molar-refractivity contribution < 1.29 is 27.5 Å². The number of nitrogens with one attached hydrogen (secondary N) is 1. The minimum absolute atomic E-state index is 0.0395. The van der Waals surface area contributed by atoms with Gasteiger partial charge in [-0.3, -0.25) is 9.69 Å². The van der Waals surface area contributed by atoms with Crippen LogP contribution in [0.2, 0.25) is 0 Å². The molecule has 0 bridgehead atoms. The molecule has 0 saturated heterocycles. The van der Waals surface area contributed by atoms with Gasteiger partial charge in [0.2, 0.25) is 5.91 Å². The maximum absolute atomic E-state index is 13.1. The molecule has 2 aliphatic rings. The van der Waals surface area contributed by atoms with Crippen molar-refractivity contribution in [2.45, 2.75) is 64.4 Å². The summed E-state index contributed by atoms with van der Waals surface area (Å²) < 4.78 is 44.7. The summed E-state index contributed by atoms with van der Waals surface area (Å²) in [6.45, 7) is 4.72. The van der Waals surface area contributed by atoms with Gasteiger partial charge >= 0.3 is 12.3 Å². The largest absolute Gasteiger partial charge is 0.446 e. The topological polar surface area (TPSA) is 71.5 Å². The Morgan fingerprint density at radius 1 is 1.30 bits per heavy atom. The molecule has 0 spiro atoms. The molecule has 1 aromatic heterocycles. The predicted octanol–water partition coefficient (Wildman–Crippen LogP) is 3.81. The Morgan fingerprint density at radius 3 is 2.48 bits per heavy atom. The average molecular weight is 385 g/mol. The second kappa shape index (κ2) is 7.01. The minimum Gasteiger partial charge on any atom is -0.446 e. The van der Waals surface area contributed by atoms with Crippen LogP contribution in [0.3, 0.4) is 0 Å². The first-order chi connectivity index (χ1) is 12.6. The Balaban J connectivity index is 2.08. The fourth-order valence-corrected chi connectivity index (χ4v) is 3.47. The number of hydrogen-bond acceptors (Lipinski definition) is 4.